The van der Waals surface area contributed by atoms with E-state index in [1.165, 1.54) is 24.3 Å². The third-order valence-corrected chi connectivity index (χ3v) is 4.57. The summed E-state index contributed by atoms with van der Waals surface area (Å²) in [5.41, 5.74) is 0.622. The summed E-state index contributed by atoms with van der Waals surface area (Å²) in [5.74, 6) is -1.13. The average molecular weight is 302 g/mol. The molecule has 1 N–H and O–H groups in total. The number of likely N-dealkylation sites (N-methyl/N-ethyl adjacent to an activating group) is 1. The highest BCUT2D eigenvalue weighted by atomic mass is 16.4. The molecule has 2 heterocycles. The van der Waals surface area contributed by atoms with Crippen molar-refractivity contribution < 1.29 is 19.5 Å². The van der Waals surface area contributed by atoms with E-state index in [2.05, 4.69) is 0 Å². The van der Waals surface area contributed by atoms with Gasteiger partial charge in [-0.15, -0.1) is 0 Å². The van der Waals surface area contributed by atoms with Gasteiger partial charge in [0, 0.05) is 25.7 Å². The molecule has 0 radical (unpaired) electrons. The first-order chi connectivity index (χ1) is 10.5. The van der Waals surface area contributed by atoms with Crippen molar-refractivity contribution in [2.24, 2.45) is 5.92 Å². The number of hydrogen-bond donors (Lipinski definition) is 1. The molecule has 1 aromatic carbocycles. The van der Waals surface area contributed by atoms with Crippen LogP contribution in [0.2, 0.25) is 0 Å². The SMILES string of the molecule is CN1C[C@@H]2[C@@H](CCCN2C(=O)c2ccc(C(=O)O)cc2)C1=O. The van der Waals surface area contributed by atoms with Gasteiger partial charge in [0.25, 0.3) is 5.91 Å². The number of likely N-dealkylation sites (tertiary alicyclic amines) is 2. The zero-order valence-corrected chi connectivity index (χ0v) is 12.4. The van der Waals surface area contributed by atoms with E-state index in [1.807, 2.05) is 0 Å². The fraction of sp³-hybridized carbons (Fsp3) is 0.438. The van der Waals surface area contributed by atoms with Crippen molar-refractivity contribution in [1.29, 1.82) is 0 Å². The predicted molar refractivity (Wildman–Crippen MR) is 78.6 cm³/mol. The molecule has 2 fully saturated rings. The number of carboxylic acids is 1. The summed E-state index contributed by atoms with van der Waals surface area (Å²) in [5, 5.41) is 8.91. The van der Waals surface area contributed by atoms with E-state index in [1.54, 1.807) is 16.8 Å². The molecule has 0 saturated carbocycles. The Morgan fingerprint density at radius 1 is 1.18 bits per heavy atom. The van der Waals surface area contributed by atoms with Crippen LogP contribution in [0, 0.1) is 5.92 Å². The Morgan fingerprint density at radius 2 is 1.82 bits per heavy atom. The maximum absolute atomic E-state index is 12.7. The molecule has 3 rings (SSSR count). The first-order valence-corrected chi connectivity index (χ1v) is 7.38. The molecule has 0 bridgehead atoms. The molecule has 6 nitrogen and oxygen atoms in total. The van der Waals surface area contributed by atoms with Crippen LogP contribution in [-0.4, -0.2) is 58.9 Å². The zero-order valence-electron chi connectivity index (χ0n) is 12.4. The predicted octanol–water partition coefficient (Wildman–Crippen LogP) is 1.08. The van der Waals surface area contributed by atoms with E-state index in [4.69, 9.17) is 5.11 Å². The van der Waals surface area contributed by atoms with Crippen LogP contribution < -0.4 is 0 Å². The van der Waals surface area contributed by atoms with E-state index in [0.717, 1.165) is 12.8 Å². The summed E-state index contributed by atoms with van der Waals surface area (Å²) < 4.78 is 0. The molecule has 2 amide bonds. The second-order valence-corrected chi connectivity index (χ2v) is 5.92. The number of amides is 2. The molecule has 6 heteroatoms. The lowest BCUT2D eigenvalue weighted by atomic mass is 9.91. The molecule has 2 aliphatic rings. The van der Waals surface area contributed by atoms with Crippen LogP contribution in [0.4, 0.5) is 0 Å². The standard InChI is InChI=1S/C16H18N2O4/c1-17-9-13-12(15(17)20)3-2-8-18(13)14(19)10-4-6-11(7-5-10)16(21)22/h4-7,12-13H,2-3,8-9H2,1H3,(H,21,22)/t12-,13-/m1/s1. The summed E-state index contributed by atoms with van der Waals surface area (Å²) in [7, 11) is 1.77. The molecule has 2 atom stereocenters. The Hall–Kier alpha value is -2.37. The number of carbonyl (C=O) groups excluding carboxylic acids is 2. The van der Waals surface area contributed by atoms with Gasteiger partial charge in [-0.1, -0.05) is 0 Å². The van der Waals surface area contributed by atoms with Crippen LogP contribution in [0.15, 0.2) is 24.3 Å². The molecule has 1 aromatic rings. The maximum atomic E-state index is 12.7. The Bertz CT molecular complexity index is 626. The van der Waals surface area contributed by atoms with Gasteiger partial charge in [-0.25, -0.2) is 4.79 Å². The van der Waals surface area contributed by atoms with Crippen LogP contribution in [0.5, 0.6) is 0 Å². The van der Waals surface area contributed by atoms with E-state index >= 15 is 0 Å². The molecule has 116 valence electrons. The van der Waals surface area contributed by atoms with Crippen molar-refractivity contribution in [2.45, 2.75) is 18.9 Å². The Morgan fingerprint density at radius 3 is 2.45 bits per heavy atom. The molecule has 0 aliphatic carbocycles. The number of carboxylic acid groups (broad SMARTS) is 1. The summed E-state index contributed by atoms with van der Waals surface area (Å²) in [4.78, 5) is 39.1. The minimum Gasteiger partial charge on any atom is -0.478 e. The molecule has 2 saturated heterocycles. The van der Waals surface area contributed by atoms with Gasteiger partial charge in [-0.3, -0.25) is 9.59 Å². The average Bonchev–Trinajstić information content (AvgIpc) is 2.82. The third kappa shape index (κ3) is 2.34. The number of benzene rings is 1. The number of hydrogen-bond acceptors (Lipinski definition) is 3. The molecular formula is C16H18N2O4. The molecule has 0 spiro atoms. The lowest BCUT2D eigenvalue weighted by Gasteiger charge is -2.36. The van der Waals surface area contributed by atoms with Gasteiger partial charge >= 0.3 is 5.97 Å². The topological polar surface area (TPSA) is 77.9 Å². The Kier molecular flexibility index (Phi) is 3.60. The zero-order chi connectivity index (χ0) is 15.9. The number of carbonyl (C=O) groups is 3. The lowest BCUT2D eigenvalue weighted by molar-refractivity contribution is -0.130. The highest BCUT2D eigenvalue weighted by Crippen LogP contribution is 2.31. The van der Waals surface area contributed by atoms with Gasteiger partial charge in [0.05, 0.1) is 17.5 Å². The minimum atomic E-state index is -1.01. The van der Waals surface area contributed by atoms with E-state index < -0.39 is 5.97 Å². The molecule has 2 aliphatic heterocycles. The molecule has 0 unspecified atom stereocenters. The quantitative estimate of drug-likeness (QED) is 0.886. The fourth-order valence-corrected chi connectivity index (χ4v) is 3.40. The van der Waals surface area contributed by atoms with E-state index in [0.29, 0.717) is 18.7 Å². The van der Waals surface area contributed by atoms with E-state index in [-0.39, 0.29) is 29.3 Å². The highest BCUT2D eigenvalue weighted by Gasteiger charge is 2.45. The highest BCUT2D eigenvalue weighted by molar-refractivity contribution is 5.97. The molecule has 22 heavy (non-hydrogen) atoms. The Labute approximate surface area is 128 Å². The van der Waals surface area contributed by atoms with E-state index in [9.17, 15) is 14.4 Å². The first kappa shape index (κ1) is 14.6. The second-order valence-electron chi connectivity index (χ2n) is 5.92. The molecule has 0 aromatic heterocycles. The number of rotatable bonds is 2. The van der Waals surface area contributed by atoms with Gasteiger partial charge in [-0.2, -0.15) is 0 Å². The summed E-state index contributed by atoms with van der Waals surface area (Å²) in [6.45, 7) is 1.21. The normalized spacial score (nSPS) is 24.3. The van der Waals surface area contributed by atoms with Gasteiger partial charge in [0.2, 0.25) is 5.91 Å². The number of aromatic carboxylic acids is 1. The fourth-order valence-electron chi connectivity index (χ4n) is 3.40. The van der Waals surface area contributed by atoms with Crippen LogP contribution in [0.1, 0.15) is 33.6 Å². The lowest BCUT2D eigenvalue weighted by Crippen LogP contribution is -2.48. The van der Waals surface area contributed by atoms with Crippen LogP contribution in [-0.2, 0) is 4.79 Å². The van der Waals surface area contributed by atoms with Crippen LogP contribution in [0.25, 0.3) is 0 Å². The van der Waals surface area contributed by atoms with Crippen LogP contribution in [0.3, 0.4) is 0 Å². The van der Waals surface area contributed by atoms with Crippen molar-refractivity contribution >= 4 is 17.8 Å². The number of fused-ring (bicyclic) bond motifs is 1. The number of nitrogens with zero attached hydrogens (tertiary/aromatic N) is 2. The minimum absolute atomic E-state index is 0.0714. The molecular weight excluding hydrogens is 284 g/mol. The van der Waals surface area contributed by atoms with Crippen molar-refractivity contribution in [3.63, 3.8) is 0 Å². The van der Waals surface area contributed by atoms with Crippen LogP contribution >= 0.6 is 0 Å². The summed E-state index contributed by atoms with van der Waals surface area (Å²) in [6.07, 6.45) is 1.65. The summed E-state index contributed by atoms with van der Waals surface area (Å²) in [6, 6.07) is 5.87. The number of piperidine rings is 1. The monoisotopic (exact) mass is 302 g/mol. The van der Waals surface area contributed by atoms with Gasteiger partial charge < -0.3 is 14.9 Å². The van der Waals surface area contributed by atoms with Gasteiger partial charge in [-0.05, 0) is 37.1 Å². The van der Waals surface area contributed by atoms with Crippen molar-refractivity contribution in [1.82, 2.24) is 9.80 Å². The maximum Gasteiger partial charge on any atom is 0.335 e. The van der Waals surface area contributed by atoms with Crippen molar-refractivity contribution in [3.05, 3.63) is 35.4 Å². The van der Waals surface area contributed by atoms with Gasteiger partial charge in [0.15, 0.2) is 0 Å². The summed E-state index contributed by atoms with van der Waals surface area (Å²) >= 11 is 0. The van der Waals surface area contributed by atoms with Crippen molar-refractivity contribution in [2.75, 3.05) is 20.1 Å². The Balaban J connectivity index is 1.82. The van der Waals surface area contributed by atoms with Gasteiger partial charge in [0.1, 0.15) is 0 Å². The third-order valence-electron chi connectivity index (χ3n) is 4.57. The smallest absolute Gasteiger partial charge is 0.335 e. The second kappa shape index (κ2) is 5.44. The largest absolute Gasteiger partial charge is 0.478 e. The first-order valence-electron chi connectivity index (χ1n) is 7.38. The van der Waals surface area contributed by atoms with Crippen molar-refractivity contribution in [3.8, 4) is 0 Å².